The third-order valence-electron chi connectivity index (χ3n) is 2.70. The number of aromatic amines is 1. The molecule has 3 rings (SSSR count). The topological polar surface area (TPSA) is 136 Å². The molecule has 1 amide bonds. The molecule has 4 N–H and O–H groups in total. The molecule has 21 heavy (non-hydrogen) atoms. The quantitative estimate of drug-likeness (QED) is 0.653. The molecule has 3 aromatic rings. The summed E-state index contributed by atoms with van der Waals surface area (Å²) in [6.45, 7) is 1.81. The van der Waals surface area contributed by atoms with Crippen molar-refractivity contribution in [2.45, 2.75) is 6.92 Å². The van der Waals surface area contributed by atoms with Crippen LogP contribution >= 0.6 is 0 Å². The predicted molar refractivity (Wildman–Crippen MR) is 73.2 cm³/mol. The number of amides is 1. The lowest BCUT2D eigenvalue weighted by atomic mass is 10.2. The van der Waals surface area contributed by atoms with Gasteiger partial charge in [-0.2, -0.15) is 5.10 Å². The number of rotatable bonds is 3. The predicted octanol–water partition coefficient (Wildman–Crippen LogP) is 0.998. The van der Waals surface area contributed by atoms with Gasteiger partial charge in [-0.3, -0.25) is 9.89 Å². The summed E-state index contributed by atoms with van der Waals surface area (Å²) in [7, 11) is 0. The minimum Gasteiger partial charge on any atom is -0.379 e. The molecule has 0 atom stereocenters. The molecule has 0 unspecified atom stereocenters. The first kappa shape index (κ1) is 12.8. The molecule has 0 saturated carbocycles. The number of nitrogen functional groups attached to an aromatic ring is 1. The van der Waals surface area contributed by atoms with Crippen molar-refractivity contribution < 1.29 is 9.42 Å². The maximum absolute atomic E-state index is 12.0. The first-order valence-electron chi connectivity index (χ1n) is 6.02. The average molecular weight is 285 g/mol. The largest absolute Gasteiger partial charge is 0.379 e. The van der Waals surface area contributed by atoms with E-state index in [2.05, 4.69) is 35.4 Å². The molecule has 0 aliphatic carbocycles. The van der Waals surface area contributed by atoms with Crippen LogP contribution in [0.1, 0.15) is 16.3 Å². The highest BCUT2D eigenvalue weighted by Crippen LogP contribution is 2.20. The van der Waals surface area contributed by atoms with Crippen LogP contribution in [0, 0.1) is 6.92 Å². The Bertz CT molecular complexity index is 792. The van der Waals surface area contributed by atoms with E-state index in [1.807, 2.05) is 13.0 Å². The Morgan fingerprint density at radius 2 is 2.24 bits per heavy atom. The molecule has 2 heterocycles. The third kappa shape index (κ3) is 2.56. The maximum Gasteiger partial charge on any atom is 0.281 e. The van der Waals surface area contributed by atoms with Crippen molar-refractivity contribution in [3.05, 3.63) is 35.8 Å². The minimum atomic E-state index is -0.503. The van der Waals surface area contributed by atoms with Crippen molar-refractivity contribution >= 4 is 17.4 Å². The Balaban J connectivity index is 1.84. The van der Waals surface area contributed by atoms with Crippen molar-refractivity contribution in [1.82, 2.24) is 25.5 Å². The summed E-state index contributed by atoms with van der Waals surface area (Å²) in [5, 5.41) is 16.3. The van der Waals surface area contributed by atoms with Gasteiger partial charge in [0.2, 0.25) is 11.5 Å². The summed E-state index contributed by atoms with van der Waals surface area (Å²) in [5.74, 6) is 0.692. The smallest absolute Gasteiger partial charge is 0.281 e. The normalized spacial score (nSPS) is 10.5. The monoisotopic (exact) mass is 285 g/mol. The minimum absolute atomic E-state index is 0.0610. The standard InChI is InChI=1S/C12H11N7O2/c1-6-14-11(17-16-6)7-3-2-4-8(5-7)15-12(20)9-10(13)19-21-18-9/h2-5H,1H3,(H2,13,19)(H,15,20)(H,14,16,17). The number of hydrogen-bond donors (Lipinski definition) is 3. The Hall–Kier alpha value is -3.23. The number of hydrogen-bond acceptors (Lipinski definition) is 7. The number of H-pyrrole nitrogens is 1. The van der Waals surface area contributed by atoms with E-state index in [4.69, 9.17) is 5.73 Å². The highest BCUT2D eigenvalue weighted by atomic mass is 16.6. The van der Waals surface area contributed by atoms with Crippen LogP contribution < -0.4 is 11.1 Å². The molecule has 0 aliphatic heterocycles. The Morgan fingerprint density at radius 1 is 1.38 bits per heavy atom. The van der Waals surface area contributed by atoms with E-state index in [1.165, 1.54) is 0 Å². The van der Waals surface area contributed by atoms with Crippen LogP contribution in [0.15, 0.2) is 28.9 Å². The molecule has 2 aromatic heterocycles. The number of nitrogens with zero attached hydrogens (tertiary/aromatic N) is 4. The summed E-state index contributed by atoms with van der Waals surface area (Å²) in [6.07, 6.45) is 0. The molecule has 0 radical (unpaired) electrons. The number of nitrogens with one attached hydrogen (secondary N) is 2. The number of carbonyl (C=O) groups is 1. The van der Waals surface area contributed by atoms with Crippen molar-refractivity contribution in [3.63, 3.8) is 0 Å². The van der Waals surface area contributed by atoms with E-state index < -0.39 is 5.91 Å². The Kier molecular flexibility index (Phi) is 3.07. The molecular weight excluding hydrogens is 274 g/mol. The van der Waals surface area contributed by atoms with Gasteiger partial charge < -0.3 is 11.1 Å². The summed E-state index contributed by atoms with van der Waals surface area (Å²) in [4.78, 5) is 16.2. The molecule has 0 spiro atoms. The van der Waals surface area contributed by atoms with Crippen LogP contribution in [0.5, 0.6) is 0 Å². The van der Waals surface area contributed by atoms with Gasteiger partial charge in [0.05, 0.1) is 0 Å². The zero-order valence-corrected chi connectivity index (χ0v) is 11.0. The third-order valence-corrected chi connectivity index (χ3v) is 2.70. The number of nitrogens with two attached hydrogens (primary N) is 1. The van der Waals surface area contributed by atoms with E-state index in [0.29, 0.717) is 17.3 Å². The first-order valence-corrected chi connectivity index (χ1v) is 6.02. The molecule has 106 valence electrons. The second kappa shape index (κ2) is 5.04. The lowest BCUT2D eigenvalue weighted by Crippen LogP contribution is -2.14. The summed E-state index contributed by atoms with van der Waals surface area (Å²) >= 11 is 0. The molecule has 0 fully saturated rings. The highest BCUT2D eigenvalue weighted by Gasteiger charge is 2.16. The van der Waals surface area contributed by atoms with Crippen LogP contribution in [-0.4, -0.2) is 31.4 Å². The van der Waals surface area contributed by atoms with Gasteiger partial charge in [0.15, 0.2) is 5.82 Å². The van der Waals surface area contributed by atoms with Gasteiger partial charge in [0.25, 0.3) is 5.91 Å². The van der Waals surface area contributed by atoms with Crippen LogP contribution in [-0.2, 0) is 0 Å². The Morgan fingerprint density at radius 3 is 2.90 bits per heavy atom. The lowest BCUT2D eigenvalue weighted by molar-refractivity contribution is 0.101. The fourth-order valence-corrected chi connectivity index (χ4v) is 1.75. The van der Waals surface area contributed by atoms with Gasteiger partial charge in [-0.1, -0.05) is 12.1 Å². The van der Waals surface area contributed by atoms with Gasteiger partial charge in [-0.25, -0.2) is 9.61 Å². The molecule has 0 saturated heterocycles. The van der Waals surface area contributed by atoms with Gasteiger partial charge in [-0.15, -0.1) is 0 Å². The number of anilines is 2. The maximum atomic E-state index is 12.0. The number of aromatic nitrogens is 5. The molecule has 0 aliphatic rings. The number of benzene rings is 1. The van der Waals surface area contributed by atoms with Crippen LogP contribution in [0.3, 0.4) is 0 Å². The summed E-state index contributed by atoms with van der Waals surface area (Å²) < 4.78 is 4.39. The van der Waals surface area contributed by atoms with E-state index in [1.54, 1.807) is 18.2 Å². The molecule has 9 heteroatoms. The van der Waals surface area contributed by atoms with Crippen LogP contribution in [0.2, 0.25) is 0 Å². The van der Waals surface area contributed by atoms with Crippen molar-refractivity contribution in [1.29, 1.82) is 0 Å². The van der Waals surface area contributed by atoms with E-state index >= 15 is 0 Å². The number of carbonyl (C=O) groups excluding carboxylic acids is 1. The van der Waals surface area contributed by atoms with Crippen LogP contribution in [0.25, 0.3) is 11.4 Å². The van der Waals surface area contributed by atoms with E-state index in [0.717, 1.165) is 5.56 Å². The zero-order chi connectivity index (χ0) is 14.8. The fraction of sp³-hybridized carbons (Fsp3) is 0.0833. The second-order valence-corrected chi connectivity index (χ2v) is 4.28. The van der Waals surface area contributed by atoms with E-state index in [9.17, 15) is 4.79 Å². The molecule has 0 bridgehead atoms. The fourth-order valence-electron chi connectivity index (χ4n) is 1.75. The lowest BCUT2D eigenvalue weighted by Gasteiger charge is -2.04. The van der Waals surface area contributed by atoms with E-state index in [-0.39, 0.29) is 11.5 Å². The van der Waals surface area contributed by atoms with Gasteiger partial charge in [0.1, 0.15) is 5.82 Å². The highest BCUT2D eigenvalue weighted by molar-refractivity contribution is 6.05. The van der Waals surface area contributed by atoms with Crippen LogP contribution in [0.4, 0.5) is 11.5 Å². The van der Waals surface area contributed by atoms with Gasteiger partial charge >= 0.3 is 0 Å². The van der Waals surface area contributed by atoms with Gasteiger partial charge in [0, 0.05) is 11.3 Å². The van der Waals surface area contributed by atoms with Crippen molar-refractivity contribution in [2.75, 3.05) is 11.1 Å². The molecular formula is C12H11N7O2. The SMILES string of the molecule is Cc1nc(-c2cccc(NC(=O)c3nonc3N)c2)n[nH]1. The van der Waals surface area contributed by atoms with Crippen molar-refractivity contribution in [2.24, 2.45) is 0 Å². The van der Waals surface area contributed by atoms with Crippen molar-refractivity contribution in [3.8, 4) is 11.4 Å². The zero-order valence-electron chi connectivity index (χ0n) is 11.0. The Labute approximate surface area is 118 Å². The second-order valence-electron chi connectivity index (χ2n) is 4.28. The molecule has 1 aromatic carbocycles. The van der Waals surface area contributed by atoms with Gasteiger partial charge in [-0.05, 0) is 29.4 Å². The summed E-state index contributed by atoms with van der Waals surface area (Å²) in [6, 6.07) is 7.08. The number of aryl methyl sites for hydroxylation is 1. The molecule has 9 nitrogen and oxygen atoms in total. The average Bonchev–Trinajstić information content (AvgIpc) is 3.08. The first-order chi connectivity index (χ1) is 10.1. The summed E-state index contributed by atoms with van der Waals surface area (Å²) in [5.41, 5.74) is 6.73.